The topological polar surface area (TPSA) is 35.5 Å². The van der Waals surface area contributed by atoms with Crippen molar-refractivity contribution in [2.75, 3.05) is 6.61 Å². The first kappa shape index (κ1) is 15.7. The SMILES string of the molecule is CCCCOOC(=O)c1c(C)c(C)c(C)c(C)c1C. The quantitative estimate of drug-likeness (QED) is 0.456. The van der Waals surface area contributed by atoms with Crippen LogP contribution in [0.2, 0.25) is 0 Å². The van der Waals surface area contributed by atoms with Crippen LogP contribution in [0.1, 0.15) is 57.9 Å². The second-order valence-electron chi connectivity index (χ2n) is 5.05. The summed E-state index contributed by atoms with van der Waals surface area (Å²) in [6.07, 6.45) is 1.90. The van der Waals surface area contributed by atoms with Crippen LogP contribution in [0.25, 0.3) is 0 Å². The minimum absolute atomic E-state index is 0.391. The van der Waals surface area contributed by atoms with E-state index in [4.69, 9.17) is 9.78 Å². The van der Waals surface area contributed by atoms with Gasteiger partial charge in [-0.25, -0.2) is 4.79 Å². The first-order valence-electron chi connectivity index (χ1n) is 6.82. The minimum atomic E-state index is -0.391. The van der Waals surface area contributed by atoms with Crippen molar-refractivity contribution in [1.29, 1.82) is 0 Å². The van der Waals surface area contributed by atoms with E-state index in [-0.39, 0.29) is 0 Å². The molecule has 0 atom stereocenters. The highest BCUT2D eigenvalue weighted by molar-refractivity contribution is 5.93. The average Bonchev–Trinajstić information content (AvgIpc) is 2.39. The van der Waals surface area contributed by atoms with Gasteiger partial charge < -0.3 is 0 Å². The zero-order valence-electron chi connectivity index (χ0n) is 12.8. The number of hydrogen-bond donors (Lipinski definition) is 0. The number of hydrogen-bond acceptors (Lipinski definition) is 3. The molecule has 0 N–H and O–H groups in total. The van der Waals surface area contributed by atoms with E-state index in [1.165, 1.54) is 5.56 Å². The molecule has 1 aromatic carbocycles. The van der Waals surface area contributed by atoms with Gasteiger partial charge in [-0.2, -0.15) is 4.89 Å². The molecular weight excluding hydrogens is 240 g/mol. The number of unbranched alkanes of at least 4 members (excludes halogenated alkanes) is 1. The molecule has 3 nitrogen and oxygen atoms in total. The summed E-state index contributed by atoms with van der Waals surface area (Å²) >= 11 is 0. The monoisotopic (exact) mass is 264 g/mol. The van der Waals surface area contributed by atoms with Gasteiger partial charge in [0.2, 0.25) is 0 Å². The van der Waals surface area contributed by atoms with Gasteiger partial charge in [0.25, 0.3) is 0 Å². The lowest BCUT2D eigenvalue weighted by molar-refractivity contribution is -0.241. The Morgan fingerprint density at radius 1 is 0.895 bits per heavy atom. The summed E-state index contributed by atoms with van der Waals surface area (Å²) in [6, 6.07) is 0. The van der Waals surface area contributed by atoms with Gasteiger partial charge in [0.1, 0.15) is 0 Å². The van der Waals surface area contributed by atoms with E-state index >= 15 is 0 Å². The Labute approximate surface area is 115 Å². The molecule has 0 spiro atoms. The molecule has 106 valence electrons. The molecule has 0 heterocycles. The van der Waals surface area contributed by atoms with Gasteiger partial charge in [-0.1, -0.05) is 13.3 Å². The summed E-state index contributed by atoms with van der Waals surface area (Å²) in [5.74, 6) is -0.391. The zero-order valence-corrected chi connectivity index (χ0v) is 12.8. The van der Waals surface area contributed by atoms with Crippen molar-refractivity contribution in [3.63, 3.8) is 0 Å². The van der Waals surface area contributed by atoms with Crippen LogP contribution in [0, 0.1) is 34.6 Å². The van der Waals surface area contributed by atoms with Crippen molar-refractivity contribution in [3.8, 4) is 0 Å². The molecule has 0 saturated heterocycles. The maximum atomic E-state index is 12.1. The lowest BCUT2D eigenvalue weighted by Gasteiger charge is -2.17. The van der Waals surface area contributed by atoms with Crippen LogP contribution in [-0.4, -0.2) is 12.6 Å². The Balaban J connectivity index is 2.97. The van der Waals surface area contributed by atoms with E-state index < -0.39 is 5.97 Å². The molecule has 0 aromatic heterocycles. The van der Waals surface area contributed by atoms with Gasteiger partial charge in [-0.05, 0) is 68.9 Å². The Morgan fingerprint density at radius 3 is 1.84 bits per heavy atom. The third-order valence-corrected chi connectivity index (χ3v) is 3.92. The third-order valence-electron chi connectivity index (χ3n) is 3.92. The van der Waals surface area contributed by atoms with Crippen LogP contribution in [0.15, 0.2) is 0 Å². The van der Waals surface area contributed by atoms with Crippen LogP contribution in [0.5, 0.6) is 0 Å². The fraction of sp³-hybridized carbons (Fsp3) is 0.562. The number of rotatable bonds is 5. The van der Waals surface area contributed by atoms with Crippen molar-refractivity contribution >= 4 is 5.97 Å². The van der Waals surface area contributed by atoms with E-state index in [0.717, 1.165) is 35.1 Å². The Morgan fingerprint density at radius 2 is 1.37 bits per heavy atom. The first-order chi connectivity index (χ1) is 8.91. The maximum Gasteiger partial charge on any atom is 0.373 e. The van der Waals surface area contributed by atoms with Gasteiger partial charge in [-0.3, -0.25) is 4.89 Å². The molecule has 0 unspecified atom stereocenters. The minimum Gasteiger partial charge on any atom is -0.293 e. The zero-order chi connectivity index (χ0) is 14.6. The average molecular weight is 264 g/mol. The van der Waals surface area contributed by atoms with Crippen molar-refractivity contribution in [1.82, 2.24) is 0 Å². The van der Waals surface area contributed by atoms with Gasteiger partial charge in [0, 0.05) is 0 Å². The molecule has 0 saturated carbocycles. The fourth-order valence-corrected chi connectivity index (χ4v) is 2.15. The van der Waals surface area contributed by atoms with Crippen LogP contribution >= 0.6 is 0 Å². The number of benzene rings is 1. The van der Waals surface area contributed by atoms with Gasteiger partial charge >= 0.3 is 5.97 Å². The molecular formula is C16H24O3. The van der Waals surface area contributed by atoms with Crippen molar-refractivity contribution in [3.05, 3.63) is 33.4 Å². The standard InChI is InChI=1S/C16H24O3/c1-7-8-9-18-19-16(17)15-13(5)11(3)10(2)12(4)14(15)6/h7-9H2,1-6H3. The smallest absolute Gasteiger partial charge is 0.293 e. The summed E-state index contributed by atoms with van der Waals surface area (Å²) in [4.78, 5) is 22.0. The van der Waals surface area contributed by atoms with E-state index in [0.29, 0.717) is 12.2 Å². The van der Waals surface area contributed by atoms with E-state index in [2.05, 4.69) is 13.8 Å². The summed E-state index contributed by atoms with van der Waals surface area (Å²) in [5, 5.41) is 0. The Kier molecular flexibility index (Phi) is 5.55. The summed E-state index contributed by atoms with van der Waals surface area (Å²) in [6.45, 7) is 12.6. The van der Waals surface area contributed by atoms with E-state index in [1.54, 1.807) is 0 Å². The molecule has 0 radical (unpaired) electrons. The molecule has 19 heavy (non-hydrogen) atoms. The molecule has 0 bridgehead atoms. The predicted molar refractivity (Wildman–Crippen MR) is 76.4 cm³/mol. The first-order valence-corrected chi connectivity index (χ1v) is 6.82. The molecule has 0 fully saturated rings. The largest absolute Gasteiger partial charge is 0.373 e. The van der Waals surface area contributed by atoms with E-state index in [1.807, 2.05) is 27.7 Å². The van der Waals surface area contributed by atoms with Crippen LogP contribution in [0.4, 0.5) is 0 Å². The molecule has 0 aliphatic heterocycles. The van der Waals surface area contributed by atoms with Crippen LogP contribution in [-0.2, 0) is 9.78 Å². The summed E-state index contributed by atoms with van der Waals surface area (Å²) in [5.41, 5.74) is 6.11. The van der Waals surface area contributed by atoms with Gasteiger partial charge in [0.05, 0.1) is 12.2 Å². The van der Waals surface area contributed by atoms with Crippen molar-refractivity contribution in [2.45, 2.75) is 54.4 Å². The van der Waals surface area contributed by atoms with E-state index in [9.17, 15) is 4.79 Å². The molecule has 0 aliphatic rings. The van der Waals surface area contributed by atoms with Crippen molar-refractivity contribution < 1.29 is 14.6 Å². The highest BCUT2D eigenvalue weighted by Crippen LogP contribution is 2.26. The second-order valence-corrected chi connectivity index (χ2v) is 5.05. The highest BCUT2D eigenvalue weighted by atomic mass is 17.2. The lowest BCUT2D eigenvalue weighted by atomic mass is 9.90. The summed E-state index contributed by atoms with van der Waals surface area (Å²) in [7, 11) is 0. The lowest BCUT2D eigenvalue weighted by Crippen LogP contribution is -2.13. The number of carbonyl (C=O) groups is 1. The van der Waals surface area contributed by atoms with Crippen molar-refractivity contribution in [2.24, 2.45) is 0 Å². The highest BCUT2D eigenvalue weighted by Gasteiger charge is 2.20. The molecule has 1 aromatic rings. The van der Waals surface area contributed by atoms with Crippen LogP contribution < -0.4 is 0 Å². The Bertz CT molecular complexity index is 446. The third kappa shape index (κ3) is 3.35. The molecule has 3 heteroatoms. The van der Waals surface area contributed by atoms with Crippen LogP contribution in [0.3, 0.4) is 0 Å². The molecule has 0 aliphatic carbocycles. The molecule has 0 amide bonds. The second kappa shape index (κ2) is 6.71. The summed E-state index contributed by atoms with van der Waals surface area (Å²) < 4.78 is 0. The number of carbonyl (C=O) groups excluding carboxylic acids is 1. The predicted octanol–water partition coefficient (Wildman–Crippen LogP) is 4.12. The molecule has 1 rings (SSSR count). The Hall–Kier alpha value is -1.35. The van der Waals surface area contributed by atoms with Gasteiger partial charge in [0.15, 0.2) is 0 Å². The fourth-order valence-electron chi connectivity index (χ4n) is 2.15. The normalized spacial score (nSPS) is 10.6. The van der Waals surface area contributed by atoms with Gasteiger partial charge in [-0.15, -0.1) is 0 Å². The maximum absolute atomic E-state index is 12.1.